The van der Waals surface area contributed by atoms with Gasteiger partial charge in [-0.2, -0.15) is 0 Å². The van der Waals surface area contributed by atoms with Crippen molar-refractivity contribution in [3.05, 3.63) is 65.5 Å². The lowest BCUT2D eigenvalue weighted by Crippen LogP contribution is -2.24. The van der Waals surface area contributed by atoms with Crippen LogP contribution < -0.4 is 10.2 Å². The molecule has 2 aromatic carbocycles. The molecule has 0 amide bonds. The van der Waals surface area contributed by atoms with Crippen molar-refractivity contribution in [1.29, 1.82) is 0 Å². The Morgan fingerprint density at radius 2 is 1.85 bits per heavy atom. The molecule has 1 heterocycles. The summed E-state index contributed by atoms with van der Waals surface area (Å²) in [6.45, 7) is 8.78. The van der Waals surface area contributed by atoms with Crippen LogP contribution in [0.25, 0.3) is 4.85 Å². The van der Waals surface area contributed by atoms with Crippen molar-refractivity contribution in [3.63, 3.8) is 0 Å². The van der Waals surface area contributed by atoms with E-state index in [0.29, 0.717) is 6.61 Å². The first-order valence-electron chi connectivity index (χ1n) is 6.47. The van der Waals surface area contributed by atoms with Crippen molar-refractivity contribution in [2.75, 3.05) is 7.05 Å². The fourth-order valence-electron chi connectivity index (χ4n) is 2.08. The zero-order chi connectivity index (χ0) is 14.4. The van der Waals surface area contributed by atoms with Crippen LogP contribution in [-0.4, -0.2) is 14.0 Å². The van der Waals surface area contributed by atoms with Gasteiger partial charge in [0.2, 0.25) is 7.05 Å². The Balaban J connectivity index is 0.000000452. The molecule has 1 aliphatic heterocycles. The van der Waals surface area contributed by atoms with Crippen molar-refractivity contribution in [1.82, 2.24) is 0 Å². The Labute approximate surface area is 120 Å². The van der Waals surface area contributed by atoms with Gasteiger partial charge in [-0.15, -0.1) is 0 Å². The highest BCUT2D eigenvalue weighted by Crippen LogP contribution is 2.22. The van der Waals surface area contributed by atoms with Crippen molar-refractivity contribution in [3.8, 4) is 11.5 Å². The van der Waals surface area contributed by atoms with Gasteiger partial charge < -0.3 is 14.2 Å². The minimum atomic E-state index is 0.171. The van der Waals surface area contributed by atoms with E-state index in [4.69, 9.17) is 16.0 Å². The van der Waals surface area contributed by atoms with E-state index in [1.807, 2.05) is 36.4 Å². The fourth-order valence-corrected chi connectivity index (χ4v) is 2.08. The Morgan fingerprint density at radius 1 is 1.15 bits per heavy atom. The molecular weight excluding hydrogens is 249 g/mol. The van der Waals surface area contributed by atoms with Gasteiger partial charge >= 0.3 is 6.92 Å². The second-order valence-electron chi connectivity index (χ2n) is 4.45. The molecule has 0 saturated heterocycles. The predicted molar refractivity (Wildman–Crippen MR) is 81.5 cm³/mol. The number of benzene rings is 2. The molecule has 0 bridgehead atoms. The van der Waals surface area contributed by atoms with Crippen LogP contribution in [0, 0.1) is 6.57 Å². The maximum atomic E-state index is 5.83. The van der Waals surface area contributed by atoms with Crippen molar-refractivity contribution in [2.24, 2.45) is 0 Å². The summed E-state index contributed by atoms with van der Waals surface area (Å²) in [5.74, 6) is 1.73. The highest BCUT2D eigenvalue weighted by atomic mass is 16.5. The third kappa shape index (κ3) is 3.40. The molecular formula is C16H16BNO2. The SMILES string of the molecule is CB1OCc2ccc(Oc3ccccc3)cc21.[C-]#[N+]C. The van der Waals surface area contributed by atoms with Crippen LogP contribution in [0.2, 0.25) is 6.82 Å². The Bertz CT molecular complexity index is 608. The van der Waals surface area contributed by atoms with Gasteiger partial charge in [-0.05, 0) is 35.3 Å². The minimum Gasteiger partial charge on any atom is -0.457 e. The molecule has 1 aliphatic rings. The second-order valence-corrected chi connectivity index (χ2v) is 4.45. The van der Waals surface area contributed by atoms with E-state index >= 15 is 0 Å². The molecule has 0 atom stereocenters. The smallest absolute Gasteiger partial charge is 0.324 e. The molecule has 0 N–H and O–H groups in total. The molecule has 0 aromatic heterocycles. The molecule has 3 rings (SSSR count). The van der Waals surface area contributed by atoms with Crippen LogP contribution in [0.15, 0.2) is 48.5 Å². The van der Waals surface area contributed by atoms with Gasteiger partial charge in [0.15, 0.2) is 0 Å². The lowest BCUT2D eigenvalue weighted by molar-refractivity contribution is 0.333. The fraction of sp³-hybridized carbons (Fsp3) is 0.188. The van der Waals surface area contributed by atoms with Gasteiger partial charge in [0.1, 0.15) is 11.5 Å². The molecule has 0 unspecified atom stereocenters. The van der Waals surface area contributed by atoms with E-state index < -0.39 is 0 Å². The van der Waals surface area contributed by atoms with E-state index in [1.165, 1.54) is 18.1 Å². The molecule has 0 radical (unpaired) electrons. The summed E-state index contributed by atoms with van der Waals surface area (Å²) in [5.41, 5.74) is 2.50. The highest BCUT2D eigenvalue weighted by Gasteiger charge is 2.23. The predicted octanol–water partition coefficient (Wildman–Crippen LogP) is 3.37. The Morgan fingerprint density at radius 3 is 2.55 bits per heavy atom. The summed E-state index contributed by atoms with van der Waals surface area (Å²) in [7, 11) is 1.42. The summed E-state index contributed by atoms with van der Waals surface area (Å²) in [6, 6.07) is 16.0. The molecule has 4 heteroatoms. The third-order valence-electron chi connectivity index (χ3n) is 3.02. The standard InChI is InChI=1S/C14H13BO2.C2H3N/c1-15-14-9-13(8-7-11(14)10-16-15)17-12-5-3-2-4-6-12;1-3-2/h2-9H,10H2,1H3;1H3. The number of nitrogens with zero attached hydrogens (tertiary/aromatic N) is 1. The second kappa shape index (κ2) is 6.79. The van der Waals surface area contributed by atoms with Crippen LogP contribution in [0.3, 0.4) is 0 Å². The number of hydrogen-bond acceptors (Lipinski definition) is 2. The molecule has 0 spiro atoms. The van der Waals surface area contributed by atoms with E-state index in [9.17, 15) is 0 Å². The third-order valence-corrected chi connectivity index (χ3v) is 3.02. The number of para-hydroxylation sites is 1. The summed E-state index contributed by atoms with van der Waals surface area (Å²) in [4.78, 5) is 2.75. The molecule has 2 aromatic rings. The van der Waals surface area contributed by atoms with Gasteiger partial charge in [-0.1, -0.05) is 31.1 Å². The van der Waals surface area contributed by atoms with E-state index in [2.05, 4.69) is 23.8 Å². The summed E-state index contributed by atoms with van der Waals surface area (Å²) < 4.78 is 11.4. The summed E-state index contributed by atoms with van der Waals surface area (Å²) in [5, 5.41) is 0. The molecule has 100 valence electrons. The summed E-state index contributed by atoms with van der Waals surface area (Å²) in [6.07, 6.45) is 0. The normalized spacial score (nSPS) is 11.9. The summed E-state index contributed by atoms with van der Waals surface area (Å²) >= 11 is 0. The number of hydrogen-bond donors (Lipinski definition) is 0. The van der Waals surface area contributed by atoms with E-state index in [1.54, 1.807) is 0 Å². The van der Waals surface area contributed by atoms with Gasteiger partial charge in [-0.3, -0.25) is 0 Å². The van der Waals surface area contributed by atoms with Crippen molar-refractivity contribution in [2.45, 2.75) is 13.4 Å². The van der Waals surface area contributed by atoms with Gasteiger partial charge in [0.05, 0.1) is 6.61 Å². The quantitative estimate of drug-likeness (QED) is 0.613. The number of ether oxygens (including phenoxy) is 1. The van der Waals surface area contributed by atoms with E-state index in [-0.39, 0.29) is 6.92 Å². The first kappa shape index (κ1) is 14.2. The zero-order valence-corrected chi connectivity index (χ0v) is 11.7. The van der Waals surface area contributed by atoms with Crippen LogP contribution in [0.4, 0.5) is 0 Å². The Kier molecular flexibility index (Phi) is 4.81. The molecule has 3 nitrogen and oxygen atoms in total. The first-order chi connectivity index (χ1) is 9.74. The maximum Gasteiger partial charge on any atom is 0.324 e. The van der Waals surface area contributed by atoms with Crippen LogP contribution in [0.5, 0.6) is 11.5 Å². The van der Waals surface area contributed by atoms with E-state index in [0.717, 1.165) is 11.5 Å². The van der Waals surface area contributed by atoms with Crippen molar-refractivity contribution < 1.29 is 9.39 Å². The Hall–Kier alpha value is -2.25. The van der Waals surface area contributed by atoms with Crippen LogP contribution in [-0.2, 0) is 11.3 Å². The number of rotatable bonds is 2. The van der Waals surface area contributed by atoms with Gasteiger partial charge in [-0.25, -0.2) is 6.57 Å². The molecule has 0 saturated carbocycles. The largest absolute Gasteiger partial charge is 0.457 e. The van der Waals surface area contributed by atoms with Gasteiger partial charge in [0, 0.05) is 0 Å². The van der Waals surface area contributed by atoms with Crippen LogP contribution >= 0.6 is 0 Å². The molecule has 0 aliphatic carbocycles. The molecule has 0 fully saturated rings. The lowest BCUT2D eigenvalue weighted by Gasteiger charge is -2.07. The topological polar surface area (TPSA) is 22.8 Å². The van der Waals surface area contributed by atoms with Gasteiger partial charge in [0.25, 0.3) is 0 Å². The zero-order valence-electron chi connectivity index (χ0n) is 11.7. The maximum absolute atomic E-state index is 5.83. The van der Waals surface area contributed by atoms with Crippen molar-refractivity contribution >= 4 is 12.4 Å². The minimum absolute atomic E-state index is 0.171. The highest BCUT2D eigenvalue weighted by molar-refractivity contribution is 6.67. The lowest BCUT2D eigenvalue weighted by atomic mass is 9.64. The average molecular weight is 265 g/mol. The average Bonchev–Trinajstić information content (AvgIpc) is 2.82. The van der Waals surface area contributed by atoms with Crippen LogP contribution in [0.1, 0.15) is 5.56 Å². The number of fused-ring (bicyclic) bond motifs is 1. The molecule has 20 heavy (non-hydrogen) atoms. The monoisotopic (exact) mass is 265 g/mol. The first-order valence-corrected chi connectivity index (χ1v) is 6.47.